The van der Waals surface area contributed by atoms with Gasteiger partial charge in [0.25, 0.3) is 0 Å². The summed E-state index contributed by atoms with van der Waals surface area (Å²) in [5.41, 5.74) is 0. The van der Waals surface area contributed by atoms with Crippen molar-refractivity contribution < 1.29 is 4.79 Å². The summed E-state index contributed by atoms with van der Waals surface area (Å²) >= 11 is 1.85. The lowest BCUT2D eigenvalue weighted by Crippen LogP contribution is -2.50. The molecule has 1 amide bonds. The molecule has 1 fully saturated rings. The van der Waals surface area contributed by atoms with E-state index in [1.54, 1.807) is 0 Å². The number of carbonyl (C=O) groups excluding carboxylic acids is 1. The van der Waals surface area contributed by atoms with Crippen LogP contribution in [-0.2, 0) is 4.79 Å². The summed E-state index contributed by atoms with van der Waals surface area (Å²) in [4.78, 5) is 14.2. The highest BCUT2D eigenvalue weighted by atomic mass is 32.2. The Morgan fingerprint density at radius 3 is 2.88 bits per heavy atom. The molecule has 1 rings (SSSR count). The summed E-state index contributed by atoms with van der Waals surface area (Å²) in [5.74, 6) is 2.17. The molecule has 0 aliphatic carbocycles. The first kappa shape index (κ1) is 14.8. The Kier molecular flexibility index (Phi) is 7.64. The van der Waals surface area contributed by atoms with Gasteiger partial charge < -0.3 is 15.5 Å². The van der Waals surface area contributed by atoms with E-state index in [9.17, 15) is 4.79 Å². The van der Waals surface area contributed by atoms with Crippen LogP contribution in [0.3, 0.4) is 0 Å². The highest BCUT2D eigenvalue weighted by Gasteiger charge is 2.20. The molecule has 0 saturated carbocycles. The molecule has 1 aliphatic rings. The van der Waals surface area contributed by atoms with Gasteiger partial charge in [-0.3, -0.25) is 4.79 Å². The lowest BCUT2D eigenvalue weighted by atomic mass is 10.3. The highest BCUT2D eigenvalue weighted by Crippen LogP contribution is 2.07. The Morgan fingerprint density at radius 2 is 2.29 bits per heavy atom. The predicted molar refractivity (Wildman–Crippen MR) is 74.5 cm³/mol. The third-order valence-corrected chi connectivity index (χ3v) is 4.01. The minimum absolute atomic E-state index is 0.00926. The fraction of sp³-hybridized carbons (Fsp3) is 0.917. The van der Waals surface area contributed by atoms with E-state index in [-0.39, 0.29) is 11.9 Å². The summed E-state index contributed by atoms with van der Waals surface area (Å²) in [5, 5.41) is 6.27. The molecule has 1 unspecified atom stereocenters. The Labute approximate surface area is 109 Å². The van der Waals surface area contributed by atoms with Gasteiger partial charge in [0, 0.05) is 31.1 Å². The van der Waals surface area contributed by atoms with Gasteiger partial charge in [0.1, 0.15) is 0 Å². The van der Waals surface area contributed by atoms with E-state index >= 15 is 0 Å². The Hall–Kier alpha value is -0.260. The second-order valence-electron chi connectivity index (χ2n) is 4.31. The molecule has 2 N–H and O–H groups in total. The zero-order chi connectivity index (χ0) is 12.5. The molecule has 0 aromatic carbocycles. The molecule has 5 heteroatoms. The summed E-state index contributed by atoms with van der Waals surface area (Å²) in [6.07, 6.45) is 1.17. The second kappa shape index (κ2) is 8.78. The van der Waals surface area contributed by atoms with Crippen molar-refractivity contribution in [2.24, 2.45) is 0 Å². The smallest absolute Gasteiger partial charge is 0.238 e. The Bertz CT molecular complexity index is 220. The average molecular weight is 259 g/mol. The quantitative estimate of drug-likeness (QED) is 0.700. The van der Waals surface area contributed by atoms with E-state index in [4.69, 9.17) is 0 Å². The van der Waals surface area contributed by atoms with Crippen LogP contribution < -0.4 is 10.6 Å². The Morgan fingerprint density at radius 1 is 1.47 bits per heavy atom. The lowest BCUT2D eigenvalue weighted by Gasteiger charge is -2.24. The van der Waals surface area contributed by atoms with Crippen molar-refractivity contribution in [3.63, 3.8) is 0 Å². The fourth-order valence-electron chi connectivity index (χ4n) is 1.94. The molecule has 1 atom stereocenters. The maximum Gasteiger partial charge on any atom is 0.238 e. The van der Waals surface area contributed by atoms with Gasteiger partial charge in [-0.1, -0.05) is 13.8 Å². The van der Waals surface area contributed by atoms with Gasteiger partial charge in [-0.05, 0) is 19.5 Å². The van der Waals surface area contributed by atoms with Gasteiger partial charge in [0.15, 0.2) is 0 Å². The van der Waals surface area contributed by atoms with Crippen LogP contribution in [-0.4, -0.2) is 61.1 Å². The molecule has 4 nitrogen and oxygen atoms in total. The van der Waals surface area contributed by atoms with Gasteiger partial charge in [0.05, 0.1) is 6.04 Å². The van der Waals surface area contributed by atoms with Crippen molar-refractivity contribution >= 4 is 17.7 Å². The zero-order valence-electron chi connectivity index (χ0n) is 11.0. The largest absolute Gasteiger partial charge is 0.353 e. The number of rotatable bonds is 7. The van der Waals surface area contributed by atoms with Gasteiger partial charge in [0.2, 0.25) is 5.91 Å². The standard InChI is InChI=1S/C12H25N3OS/c1-3-7-15(4-2)8-5-14-12(16)11-10-17-9-6-13-11/h11,13H,3-10H2,1-2H3,(H,14,16). The monoisotopic (exact) mass is 259 g/mol. The molecule has 1 aliphatic heterocycles. The summed E-state index contributed by atoms with van der Waals surface area (Å²) in [6, 6.07) is 0.00926. The summed E-state index contributed by atoms with van der Waals surface area (Å²) < 4.78 is 0. The lowest BCUT2D eigenvalue weighted by molar-refractivity contribution is -0.122. The summed E-state index contributed by atoms with van der Waals surface area (Å²) in [6.45, 7) is 9.18. The van der Waals surface area contributed by atoms with Crippen LogP contribution in [0.1, 0.15) is 20.3 Å². The van der Waals surface area contributed by atoms with E-state index in [1.807, 2.05) is 11.8 Å². The number of carbonyl (C=O) groups is 1. The number of thioether (sulfide) groups is 1. The number of nitrogens with one attached hydrogen (secondary N) is 2. The zero-order valence-corrected chi connectivity index (χ0v) is 11.8. The van der Waals surface area contributed by atoms with Crippen LogP contribution in [0, 0.1) is 0 Å². The highest BCUT2D eigenvalue weighted by molar-refractivity contribution is 7.99. The Balaban J connectivity index is 2.14. The molecular formula is C12H25N3OS. The third kappa shape index (κ3) is 5.75. The maximum atomic E-state index is 11.8. The number of likely N-dealkylation sites (N-methyl/N-ethyl adjacent to an activating group) is 1. The second-order valence-corrected chi connectivity index (χ2v) is 5.46. The molecular weight excluding hydrogens is 234 g/mol. The van der Waals surface area contributed by atoms with E-state index in [2.05, 4.69) is 29.4 Å². The van der Waals surface area contributed by atoms with Crippen LogP contribution in [0.4, 0.5) is 0 Å². The SMILES string of the molecule is CCCN(CC)CCNC(=O)C1CSCCN1. The topological polar surface area (TPSA) is 44.4 Å². The third-order valence-electron chi connectivity index (χ3n) is 2.95. The fourth-order valence-corrected chi connectivity index (χ4v) is 2.87. The normalized spacial score (nSPS) is 20.5. The molecule has 17 heavy (non-hydrogen) atoms. The van der Waals surface area contributed by atoms with Gasteiger partial charge in [-0.25, -0.2) is 0 Å². The predicted octanol–water partition coefficient (Wildman–Crippen LogP) is 0.540. The summed E-state index contributed by atoms with van der Waals surface area (Å²) in [7, 11) is 0. The van der Waals surface area contributed by atoms with E-state index in [0.29, 0.717) is 0 Å². The van der Waals surface area contributed by atoms with Crippen molar-refractivity contribution in [3.8, 4) is 0 Å². The van der Waals surface area contributed by atoms with Crippen molar-refractivity contribution in [3.05, 3.63) is 0 Å². The van der Waals surface area contributed by atoms with Gasteiger partial charge >= 0.3 is 0 Å². The number of nitrogens with zero attached hydrogens (tertiary/aromatic N) is 1. The van der Waals surface area contributed by atoms with Crippen molar-refractivity contribution in [1.29, 1.82) is 0 Å². The van der Waals surface area contributed by atoms with Crippen LogP contribution in [0.2, 0.25) is 0 Å². The molecule has 0 radical (unpaired) electrons. The molecule has 0 spiro atoms. The molecule has 0 aromatic heterocycles. The molecule has 0 aromatic rings. The number of hydrogen-bond acceptors (Lipinski definition) is 4. The van der Waals surface area contributed by atoms with Crippen LogP contribution in [0.5, 0.6) is 0 Å². The molecule has 0 bridgehead atoms. The van der Waals surface area contributed by atoms with Gasteiger partial charge in [-0.2, -0.15) is 11.8 Å². The minimum Gasteiger partial charge on any atom is -0.353 e. The maximum absolute atomic E-state index is 11.8. The van der Waals surface area contributed by atoms with Crippen LogP contribution in [0.15, 0.2) is 0 Å². The van der Waals surface area contributed by atoms with Crippen LogP contribution >= 0.6 is 11.8 Å². The average Bonchev–Trinajstić information content (AvgIpc) is 2.38. The van der Waals surface area contributed by atoms with Crippen molar-refractivity contribution in [2.75, 3.05) is 44.2 Å². The van der Waals surface area contributed by atoms with Crippen molar-refractivity contribution in [2.45, 2.75) is 26.3 Å². The molecule has 100 valence electrons. The first-order valence-electron chi connectivity index (χ1n) is 6.59. The molecule has 1 saturated heterocycles. The number of hydrogen-bond donors (Lipinski definition) is 2. The first-order chi connectivity index (χ1) is 8.27. The number of amides is 1. The van der Waals surface area contributed by atoms with Crippen LogP contribution in [0.25, 0.3) is 0 Å². The van der Waals surface area contributed by atoms with Crippen molar-refractivity contribution in [1.82, 2.24) is 15.5 Å². The van der Waals surface area contributed by atoms with E-state index < -0.39 is 0 Å². The molecule has 1 heterocycles. The first-order valence-corrected chi connectivity index (χ1v) is 7.74. The minimum atomic E-state index is 0.00926. The van der Waals surface area contributed by atoms with E-state index in [0.717, 1.165) is 44.2 Å². The van der Waals surface area contributed by atoms with Gasteiger partial charge in [-0.15, -0.1) is 0 Å². The van der Waals surface area contributed by atoms with E-state index in [1.165, 1.54) is 6.42 Å².